The van der Waals surface area contributed by atoms with Crippen LogP contribution >= 0.6 is 0 Å². The third kappa shape index (κ3) is 1.63. The van der Waals surface area contributed by atoms with Gasteiger partial charge in [0.25, 0.3) is 0 Å². The van der Waals surface area contributed by atoms with E-state index in [1.165, 1.54) is 0 Å². The first kappa shape index (κ1) is 8.45. The van der Waals surface area contributed by atoms with Gasteiger partial charge in [0.2, 0.25) is 0 Å². The molecule has 0 saturated carbocycles. The van der Waals surface area contributed by atoms with Crippen molar-refractivity contribution < 1.29 is 9.53 Å². The Balaban J connectivity index is 2.21. The zero-order valence-electron chi connectivity index (χ0n) is 7.35. The van der Waals surface area contributed by atoms with Crippen LogP contribution in [0.3, 0.4) is 0 Å². The van der Waals surface area contributed by atoms with E-state index in [2.05, 4.69) is 0 Å². The van der Waals surface area contributed by atoms with Crippen LogP contribution in [0.25, 0.3) is 0 Å². The Kier molecular flexibility index (Phi) is 2.41. The van der Waals surface area contributed by atoms with Crippen molar-refractivity contribution in [2.75, 3.05) is 6.61 Å². The first-order valence-electron chi connectivity index (χ1n) is 4.53. The second-order valence-electron chi connectivity index (χ2n) is 3.29. The van der Waals surface area contributed by atoms with Gasteiger partial charge >= 0.3 is 0 Å². The smallest absolute Gasteiger partial charge is 0.126 e. The Morgan fingerprint density at radius 3 is 2.77 bits per heavy atom. The minimum atomic E-state index is -0.0151. The summed E-state index contributed by atoms with van der Waals surface area (Å²) in [5, 5.41) is 0. The number of rotatable bonds is 2. The molecule has 1 fully saturated rings. The minimum Gasteiger partial charge on any atom is -0.373 e. The summed E-state index contributed by atoms with van der Waals surface area (Å²) in [4.78, 5) is 10.7. The van der Waals surface area contributed by atoms with E-state index in [0.717, 1.165) is 18.3 Å². The number of carbonyl (C=O) groups is 1. The maximum absolute atomic E-state index is 10.7. The molecule has 2 unspecified atom stereocenters. The molecule has 0 spiro atoms. The molecule has 13 heavy (non-hydrogen) atoms. The van der Waals surface area contributed by atoms with Crippen molar-refractivity contribution in [1.82, 2.24) is 0 Å². The Labute approximate surface area is 77.5 Å². The third-order valence-corrected chi connectivity index (χ3v) is 2.44. The number of aldehydes is 1. The summed E-state index contributed by atoms with van der Waals surface area (Å²) >= 11 is 0. The Morgan fingerprint density at radius 1 is 1.31 bits per heavy atom. The molecule has 0 aliphatic carbocycles. The predicted molar refractivity (Wildman–Crippen MR) is 49.3 cm³/mol. The van der Waals surface area contributed by atoms with Gasteiger partial charge in [0.05, 0.1) is 6.10 Å². The van der Waals surface area contributed by atoms with E-state index < -0.39 is 0 Å². The number of ether oxygens (including phenoxy) is 1. The van der Waals surface area contributed by atoms with Crippen LogP contribution in [-0.2, 0) is 9.53 Å². The molecule has 2 heteroatoms. The lowest BCUT2D eigenvalue weighted by atomic mass is 9.97. The lowest BCUT2D eigenvalue weighted by molar-refractivity contribution is -0.112. The highest BCUT2D eigenvalue weighted by molar-refractivity contribution is 5.55. The van der Waals surface area contributed by atoms with Gasteiger partial charge in [0, 0.05) is 12.5 Å². The summed E-state index contributed by atoms with van der Waals surface area (Å²) in [5.41, 5.74) is 1.11. The third-order valence-electron chi connectivity index (χ3n) is 2.44. The Bertz CT molecular complexity index is 281. The molecule has 1 aromatic rings. The van der Waals surface area contributed by atoms with Crippen LogP contribution in [0.4, 0.5) is 0 Å². The fourth-order valence-electron chi connectivity index (χ4n) is 1.73. The summed E-state index contributed by atoms with van der Waals surface area (Å²) in [6.07, 6.45) is 1.84. The molecule has 0 amide bonds. The summed E-state index contributed by atoms with van der Waals surface area (Å²) in [5.74, 6) is 0.0439. The summed E-state index contributed by atoms with van der Waals surface area (Å²) in [6, 6.07) is 9.92. The molecule has 0 radical (unpaired) electrons. The van der Waals surface area contributed by atoms with Crippen molar-refractivity contribution in [2.24, 2.45) is 5.92 Å². The molecule has 1 aliphatic heterocycles. The largest absolute Gasteiger partial charge is 0.373 e. The van der Waals surface area contributed by atoms with E-state index in [4.69, 9.17) is 4.74 Å². The fourth-order valence-corrected chi connectivity index (χ4v) is 1.73. The van der Waals surface area contributed by atoms with Gasteiger partial charge in [-0.15, -0.1) is 0 Å². The molecule has 0 aromatic heterocycles. The van der Waals surface area contributed by atoms with E-state index in [0.29, 0.717) is 6.61 Å². The number of benzene rings is 1. The van der Waals surface area contributed by atoms with Crippen molar-refractivity contribution in [1.29, 1.82) is 0 Å². The fraction of sp³-hybridized carbons (Fsp3) is 0.364. The normalized spacial score (nSPS) is 27.4. The second-order valence-corrected chi connectivity index (χ2v) is 3.29. The van der Waals surface area contributed by atoms with Crippen LogP contribution in [0.1, 0.15) is 18.1 Å². The molecule has 0 bridgehead atoms. The van der Waals surface area contributed by atoms with Gasteiger partial charge in [-0.3, -0.25) is 0 Å². The van der Waals surface area contributed by atoms with Crippen molar-refractivity contribution in [3.63, 3.8) is 0 Å². The van der Waals surface area contributed by atoms with Gasteiger partial charge in [-0.2, -0.15) is 0 Å². The molecule has 2 rings (SSSR count). The zero-order valence-corrected chi connectivity index (χ0v) is 7.35. The quantitative estimate of drug-likeness (QED) is 0.644. The lowest BCUT2D eigenvalue weighted by Gasteiger charge is -2.13. The first-order chi connectivity index (χ1) is 6.42. The Hall–Kier alpha value is -1.15. The number of hydrogen-bond donors (Lipinski definition) is 0. The summed E-state index contributed by atoms with van der Waals surface area (Å²) in [6.45, 7) is 0.697. The van der Waals surface area contributed by atoms with Gasteiger partial charge in [-0.05, 0) is 12.0 Å². The van der Waals surface area contributed by atoms with Gasteiger partial charge in [-0.1, -0.05) is 30.3 Å². The average Bonchev–Trinajstić information content (AvgIpc) is 2.67. The first-order valence-corrected chi connectivity index (χ1v) is 4.53. The minimum absolute atomic E-state index is 0.0151. The highest BCUT2D eigenvalue weighted by Crippen LogP contribution is 2.32. The van der Waals surface area contributed by atoms with Crippen molar-refractivity contribution >= 4 is 6.29 Å². The van der Waals surface area contributed by atoms with E-state index in [9.17, 15) is 4.79 Å². The summed E-state index contributed by atoms with van der Waals surface area (Å²) < 4.78 is 5.51. The van der Waals surface area contributed by atoms with Crippen LogP contribution in [-0.4, -0.2) is 12.9 Å². The molecular formula is C11H12O2. The maximum Gasteiger partial charge on any atom is 0.126 e. The zero-order chi connectivity index (χ0) is 9.10. The second kappa shape index (κ2) is 3.71. The topological polar surface area (TPSA) is 26.3 Å². The average molecular weight is 176 g/mol. The van der Waals surface area contributed by atoms with Gasteiger partial charge in [0.15, 0.2) is 0 Å². The van der Waals surface area contributed by atoms with Crippen LogP contribution < -0.4 is 0 Å². The van der Waals surface area contributed by atoms with Crippen LogP contribution in [0, 0.1) is 5.92 Å². The van der Waals surface area contributed by atoms with E-state index in [-0.39, 0.29) is 12.0 Å². The lowest BCUT2D eigenvalue weighted by Crippen LogP contribution is -2.08. The number of carbonyl (C=O) groups excluding carboxylic acids is 1. The van der Waals surface area contributed by atoms with Crippen LogP contribution in [0.15, 0.2) is 30.3 Å². The molecule has 1 aromatic carbocycles. The maximum atomic E-state index is 10.7. The molecular weight excluding hydrogens is 164 g/mol. The van der Waals surface area contributed by atoms with Gasteiger partial charge < -0.3 is 9.53 Å². The molecule has 1 saturated heterocycles. The van der Waals surface area contributed by atoms with E-state index in [1.54, 1.807) is 0 Å². The predicted octanol–water partition coefficient (Wildman–Crippen LogP) is 1.96. The summed E-state index contributed by atoms with van der Waals surface area (Å²) in [7, 11) is 0. The van der Waals surface area contributed by atoms with Crippen molar-refractivity contribution in [3.05, 3.63) is 35.9 Å². The van der Waals surface area contributed by atoms with Crippen LogP contribution in [0.5, 0.6) is 0 Å². The van der Waals surface area contributed by atoms with Crippen molar-refractivity contribution in [3.8, 4) is 0 Å². The molecule has 68 valence electrons. The SMILES string of the molecule is O=CC1CCOC1c1ccccc1. The molecule has 1 heterocycles. The highest BCUT2D eigenvalue weighted by atomic mass is 16.5. The standard InChI is InChI=1S/C11H12O2/c12-8-10-6-7-13-11(10)9-4-2-1-3-5-9/h1-5,8,10-11H,6-7H2. The van der Waals surface area contributed by atoms with Crippen LogP contribution in [0.2, 0.25) is 0 Å². The number of hydrogen-bond acceptors (Lipinski definition) is 2. The van der Waals surface area contributed by atoms with Gasteiger partial charge in [-0.25, -0.2) is 0 Å². The van der Waals surface area contributed by atoms with Gasteiger partial charge in [0.1, 0.15) is 6.29 Å². The van der Waals surface area contributed by atoms with E-state index in [1.807, 2.05) is 30.3 Å². The molecule has 2 atom stereocenters. The monoisotopic (exact) mass is 176 g/mol. The van der Waals surface area contributed by atoms with E-state index >= 15 is 0 Å². The molecule has 2 nitrogen and oxygen atoms in total. The molecule has 0 N–H and O–H groups in total. The van der Waals surface area contributed by atoms with Crippen molar-refractivity contribution in [2.45, 2.75) is 12.5 Å². The molecule has 1 aliphatic rings. The highest BCUT2D eigenvalue weighted by Gasteiger charge is 2.28. The Morgan fingerprint density at radius 2 is 2.08 bits per heavy atom.